The zero-order chi connectivity index (χ0) is 23.5. The zero-order valence-electron chi connectivity index (χ0n) is 20.4. The van der Waals surface area contributed by atoms with E-state index >= 15 is 0 Å². The monoisotopic (exact) mass is 454 g/mol. The van der Waals surface area contributed by atoms with Crippen molar-refractivity contribution in [3.05, 3.63) is 76.9 Å². The average molecular weight is 455 g/mol. The molecule has 33 heavy (non-hydrogen) atoms. The van der Waals surface area contributed by atoms with Crippen LogP contribution in [0, 0.1) is 17.6 Å². The summed E-state index contributed by atoms with van der Waals surface area (Å²) in [5.41, 5.74) is 3.37. The molecule has 1 fully saturated rings. The Hall–Kier alpha value is -2.16. The van der Waals surface area contributed by atoms with Gasteiger partial charge in [0, 0.05) is 0 Å². The molecular weight excluding hydrogens is 414 g/mol. The molecule has 1 saturated carbocycles. The highest BCUT2D eigenvalue weighted by atomic mass is 19.2. The summed E-state index contributed by atoms with van der Waals surface area (Å²) < 4.78 is 33.7. The summed E-state index contributed by atoms with van der Waals surface area (Å²) >= 11 is 0. The van der Waals surface area contributed by atoms with Gasteiger partial charge in [0.1, 0.15) is 0 Å². The van der Waals surface area contributed by atoms with Crippen LogP contribution in [0.2, 0.25) is 0 Å². The number of halogens is 2. The molecule has 0 saturated heterocycles. The van der Waals surface area contributed by atoms with Crippen molar-refractivity contribution in [2.75, 3.05) is 6.61 Å². The quantitative estimate of drug-likeness (QED) is 0.230. The number of hydrogen-bond donors (Lipinski definition) is 0. The lowest BCUT2D eigenvalue weighted by atomic mass is 9.78. The first kappa shape index (κ1) is 25.5. The summed E-state index contributed by atoms with van der Waals surface area (Å²) in [5.74, 6) is -0.353. The third kappa shape index (κ3) is 7.69. The van der Waals surface area contributed by atoms with Crippen LogP contribution in [0.1, 0.15) is 94.2 Å². The maximum Gasteiger partial charge on any atom is 0.200 e. The molecule has 3 heteroatoms. The Kier molecular flexibility index (Phi) is 10.4. The Labute approximate surface area is 199 Å². The fraction of sp³-hybridized carbons (Fsp3) is 0.533. The summed E-state index contributed by atoms with van der Waals surface area (Å²) in [4.78, 5) is 0. The number of unbranched alkanes of at least 4 members (excludes halogenated alkanes) is 2. The second-order valence-corrected chi connectivity index (χ2v) is 9.48. The van der Waals surface area contributed by atoms with Crippen LogP contribution in [0.15, 0.2) is 48.6 Å². The van der Waals surface area contributed by atoms with Gasteiger partial charge in [-0.05, 0) is 92.4 Å². The van der Waals surface area contributed by atoms with E-state index in [0.29, 0.717) is 30.4 Å². The van der Waals surface area contributed by atoms with Gasteiger partial charge in [0.25, 0.3) is 0 Å². The fourth-order valence-electron chi connectivity index (χ4n) is 4.80. The van der Waals surface area contributed by atoms with E-state index in [2.05, 4.69) is 43.3 Å². The summed E-state index contributed by atoms with van der Waals surface area (Å²) in [6.07, 6.45) is 16.4. The molecule has 180 valence electrons. The number of benzene rings is 2. The van der Waals surface area contributed by atoms with Crippen LogP contribution >= 0.6 is 0 Å². The molecule has 0 aliphatic heterocycles. The predicted octanol–water partition coefficient (Wildman–Crippen LogP) is 8.95. The van der Waals surface area contributed by atoms with Crippen LogP contribution < -0.4 is 4.74 Å². The van der Waals surface area contributed by atoms with E-state index in [4.69, 9.17) is 4.74 Å². The number of aryl methyl sites for hydroxylation is 2. The van der Waals surface area contributed by atoms with Gasteiger partial charge < -0.3 is 4.74 Å². The standard InChI is InChI=1S/C30H40F2O/c1-3-5-6-9-23-12-16-25(17-13-23)26-18-14-24(15-19-26)10-7-8-11-27-20-21-28(33-22-4-2)30(32)29(27)31/h7,10,12-13,16-17,20-21,24,26H,3-6,8-9,11,14-15,18-19,22H2,1-2H3. The van der Waals surface area contributed by atoms with Gasteiger partial charge in [-0.25, -0.2) is 4.39 Å². The molecular formula is C30H40F2O. The van der Waals surface area contributed by atoms with Gasteiger partial charge in [-0.1, -0.05) is 69.2 Å². The van der Waals surface area contributed by atoms with Crippen LogP contribution in [0.4, 0.5) is 8.78 Å². The Morgan fingerprint density at radius 2 is 1.61 bits per heavy atom. The van der Waals surface area contributed by atoms with Crippen molar-refractivity contribution in [2.45, 2.75) is 90.4 Å². The van der Waals surface area contributed by atoms with Crippen LogP contribution in [-0.4, -0.2) is 6.61 Å². The van der Waals surface area contributed by atoms with Crippen molar-refractivity contribution in [3.8, 4) is 5.75 Å². The van der Waals surface area contributed by atoms with E-state index in [1.165, 1.54) is 62.5 Å². The molecule has 0 bridgehead atoms. The van der Waals surface area contributed by atoms with Crippen molar-refractivity contribution in [1.29, 1.82) is 0 Å². The highest BCUT2D eigenvalue weighted by Gasteiger charge is 2.21. The molecule has 1 aliphatic rings. The second kappa shape index (κ2) is 13.5. The lowest BCUT2D eigenvalue weighted by molar-refractivity contribution is 0.294. The van der Waals surface area contributed by atoms with Gasteiger partial charge in [0.15, 0.2) is 11.6 Å². The highest BCUT2D eigenvalue weighted by molar-refractivity contribution is 5.31. The van der Waals surface area contributed by atoms with Crippen molar-refractivity contribution < 1.29 is 13.5 Å². The van der Waals surface area contributed by atoms with Crippen LogP contribution in [-0.2, 0) is 12.8 Å². The lowest BCUT2D eigenvalue weighted by Gasteiger charge is -2.27. The number of ether oxygens (including phenoxy) is 1. The van der Waals surface area contributed by atoms with Crippen LogP contribution in [0.5, 0.6) is 5.75 Å². The first-order valence-corrected chi connectivity index (χ1v) is 13.0. The van der Waals surface area contributed by atoms with Gasteiger partial charge in [-0.3, -0.25) is 0 Å². The molecule has 0 spiro atoms. The Balaban J connectivity index is 1.41. The van der Waals surface area contributed by atoms with E-state index in [1.807, 2.05) is 6.92 Å². The topological polar surface area (TPSA) is 9.23 Å². The fourth-order valence-corrected chi connectivity index (χ4v) is 4.80. The van der Waals surface area contributed by atoms with Crippen LogP contribution in [0.3, 0.4) is 0 Å². The molecule has 0 unspecified atom stereocenters. The molecule has 2 aromatic carbocycles. The van der Waals surface area contributed by atoms with Crippen molar-refractivity contribution >= 4 is 0 Å². The highest BCUT2D eigenvalue weighted by Crippen LogP contribution is 2.36. The largest absolute Gasteiger partial charge is 0.490 e. The van der Waals surface area contributed by atoms with E-state index in [1.54, 1.807) is 12.1 Å². The maximum absolute atomic E-state index is 14.3. The molecule has 2 aromatic rings. The molecule has 0 N–H and O–H groups in total. The van der Waals surface area contributed by atoms with Crippen molar-refractivity contribution in [1.82, 2.24) is 0 Å². The van der Waals surface area contributed by atoms with Crippen molar-refractivity contribution in [3.63, 3.8) is 0 Å². The first-order valence-electron chi connectivity index (χ1n) is 13.0. The van der Waals surface area contributed by atoms with Gasteiger partial charge in [-0.15, -0.1) is 0 Å². The zero-order valence-corrected chi connectivity index (χ0v) is 20.4. The van der Waals surface area contributed by atoms with Crippen LogP contribution in [0.25, 0.3) is 0 Å². The third-order valence-corrected chi connectivity index (χ3v) is 6.87. The summed E-state index contributed by atoms with van der Waals surface area (Å²) in [7, 11) is 0. The number of hydrogen-bond acceptors (Lipinski definition) is 1. The summed E-state index contributed by atoms with van der Waals surface area (Å²) in [5, 5.41) is 0. The Bertz CT molecular complexity index is 864. The SMILES string of the molecule is CCCCCc1ccc(C2CCC(C=CCCc3ccc(OCCC)c(F)c3F)CC2)cc1. The molecule has 3 rings (SSSR count). The molecule has 0 amide bonds. The van der Waals surface area contributed by atoms with Gasteiger partial charge in [0.05, 0.1) is 6.61 Å². The number of allylic oxidation sites excluding steroid dienone is 2. The first-order chi connectivity index (χ1) is 16.1. The lowest BCUT2D eigenvalue weighted by Crippen LogP contribution is -2.11. The summed E-state index contributed by atoms with van der Waals surface area (Å²) in [6, 6.07) is 12.5. The normalized spacial score (nSPS) is 18.7. The van der Waals surface area contributed by atoms with Gasteiger partial charge in [0.2, 0.25) is 5.82 Å². The average Bonchev–Trinajstić information content (AvgIpc) is 2.85. The minimum absolute atomic E-state index is 0.0107. The minimum atomic E-state index is -0.864. The Morgan fingerprint density at radius 3 is 2.30 bits per heavy atom. The molecule has 0 heterocycles. The third-order valence-electron chi connectivity index (χ3n) is 6.87. The summed E-state index contributed by atoms with van der Waals surface area (Å²) in [6.45, 7) is 4.58. The number of rotatable bonds is 12. The molecule has 0 aromatic heterocycles. The van der Waals surface area contributed by atoms with E-state index in [0.717, 1.165) is 12.8 Å². The second-order valence-electron chi connectivity index (χ2n) is 9.48. The van der Waals surface area contributed by atoms with E-state index in [-0.39, 0.29) is 5.75 Å². The smallest absolute Gasteiger partial charge is 0.200 e. The van der Waals surface area contributed by atoms with Gasteiger partial charge >= 0.3 is 0 Å². The van der Waals surface area contributed by atoms with E-state index in [9.17, 15) is 8.78 Å². The molecule has 0 atom stereocenters. The molecule has 0 radical (unpaired) electrons. The predicted molar refractivity (Wildman–Crippen MR) is 134 cm³/mol. The molecule has 1 aliphatic carbocycles. The minimum Gasteiger partial charge on any atom is -0.490 e. The van der Waals surface area contributed by atoms with Gasteiger partial charge in [-0.2, -0.15) is 4.39 Å². The van der Waals surface area contributed by atoms with E-state index < -0.39 is 11.6 Å². The van der Waals surface area contributed by atoms with Crippen molar-refractivity contribution in [2.24, 2.45) is 5.92 Å². The molecule has 1 nitrogen and oxygen atoms in total. The Morgan fingerprint density at radius 1 is 0.848 bits per heavy atom. The maximum atomic E-state index is 14.3.